The molecule has 2 unspecified atom stereocenters. The SMILES string of the molecule is CCCC(C)C1(CC)C(=O)N=C([O-])NC1=O.O=C(O)CCCC(=O)O.[Na+]. The second-order valence-corrected chi connectivity index (χ2v) is 5.83. The van der Waals surface area contributed by atoms with E-state index < -0.39 is 35.2 Å². The average molecular weight is 380 g/mol. The number of carboxylic acids is 2. The molecule has 3 N–H and O–H groups in total. The standard InChI is InChI=1S/C11H18N2O3.C5H8O4.Na/c1-4-6-7(3)11(5-2)8(14)12-10(16)13-9(11)15;6-4(7)2-1-3-5(8)9;/h7H,4-6H2,1-3H3,(H2,12,13,14,15,16);1-3H2,(H,6,7)(H,8,9);/q;;+1/p-1. The largest absolute Gasteiger partial charge is 1.00 e. The number of carbonyl (C=O) groups excluding carboxylic acids is 2. The Hall–Kier alpha value is -1.45. The fraction of sp³-hybridized carbons (Fsp3) is 0.688. The summed E-state index contributed by atoms with van der Waals surface area (Å²) >= 11 is 0. The number of carbonyl (C=O) groups is 4. The summed E-state index contributed by atoms with van der Waals surface area (Å²) in [5, 5.41) is 29.1. The molecule has 10 heteroatoms. The topological polar surface area (TPSA) is 156 Å². The van der Waals surface area contributed by atoms with E-state index in [1.165, 1.54) is 0 Å². The van der Waals surface area contributed by atoms with Crippen LogP contribution in [0, 0.1) is 11.3 Å². The van der Waals surface area contributed by atoms with Gasteiger partial charge < -0.3 is 20.6 Å². The van der Waals surface area contributed by atoms with Crippen LogP contribution in [-0.4, -0.2) is 40.0 Å². The molecule has 0 fully saturated rings. The van der Waals surface area contributed by atoms with Crippen LogP contribution in [0.2, 0.25) is 0 Å². The van der Waals surface area contributed by atoms with Crippen molar-refractivity contribution in [2.45, 2.75) is 59.3 Å². The third-order valence-electron chi connectivity index (χ3n) is 4.11. The van der Waals surface area contributed by atoms with Gasteiger partial charge >= 0.3 is 41.5 Å². The quantitative estimate of drug-likeness (QED) is 0.311. The van der Waals surface area contributed by atoms with Crippen LogP contribution >= 0.6 is 0 Å². The van der Waals surface area contributed by atoms with E-state index in [4.69, 9.17) is 10.2 Å². The molecule has 2 atom stereocenters. The van der Waals surface area contributed by atoms with Crippen molar-refractivity contribution in [2.75, 3.05) is 0 Å². The Morgan fingerprint density at radius 3 is 2.04 bits per heavy atom. The van der Waals surface area contributed by atoms with Crippen molar-refractivity contribution >= 4 is 29.8 Å². The zero-order valence-corrected chi connectivity index (χ0v) is 17.7. The van der Waals surface area contributed by atoms with Gasteiger partial charge in [-0.05, 0) is 25.2 Å². The molecule has 0 saturated carbocycles. The van der Waals surface area contributed by atoms with Crippen LogP contribution in [0.25, 0.3) is 0 Å². The maximum atomic E-state index is 11.9. The second-order valence-electron chi connectivity index (χ2n) is 5.83. The molecule has 0 radical (unpaired) electrons. The van der Waals surface area contributed by atoms with Crippen molar-refractivity contribution < 1.29 is 64.1 Å². The summed E-state index contributed by atoms with van der Waals surface area (Å²) in [6.07, 6.45) is 2.10. The fourth-order valence-electron chi connectivity index (χ4n) is 2.69. The second kappa shape index (κ2) is 12.8. The van der Waals surface area contributed by atoms with Gasteiger partial charge in [0.15, 0.2) is 0 Å². The first-order valence-corrected chi connectivity index (χ1v) is 8.16. The van der Waals surface area contributed by atoms with Gasteiger partial charge in [0.05, 0.1) is 6.02 Å². The Kier molecular flexibility index (Phi) is 13.2. The Morgan fingerprint density at radius 2 is 1.69 bits per heavy atom. The molecular formula is C16H25N2NaO7. The van der Waals surface area contributed by atoms with Gasteiger partial charge in [-0.1, -0.05) is 27.2 Å². The van der Waals surface area contributed by atoms with Gasteiger partial charge in [0.2, 0.25) is 5.91 Å². The smallest absolute Gasteiger partial charge is 0.846 e. The van der Waals surface area contributed by atoms with Gasteiger partial charge in [0.25, 0.3) is 5.91 Å². The van der Waals surface area contributed by atoms with Crippen LogP contribution in [0.4, 0.5) is 0 Å². The number of aliphatic imine (C=N–C) groups is 1. The van der Waals surface area contributed by atoms with Crippen molar-refractivity contribution in [3.63, 3.8) is 0 Å². The molecule has 1 rings (SSSR count). The molecule has 26 heavy (non-hydrogen) atoms. The Bertz CT molecular complexity index is 537. The summed E-state index contributed by atoms with van der Waals surface area (Å²) in [5.41, 5.74) is -1.15. The van der Waals surface area contributed by atoms with E-state index in [-0.39, 0.29) is 54.7 Å². The zero-order valence-electron chi connectivity index (χ0n) is 15.7. The summed E-state index contributed by atoms with van der Waals surface area (Å²) in [7, 11) is 0. The summed E-state index contributed by atoms with van der Waals surface area (Å²) in [4.78, 5) is 46.6. The first-order valence-electron chi connectivity index (χ1n) is 8.16. The molecule has 0 saturated heterocycles. The summed E-state index contributed by atoms with van der Waals surface area (Å²) in [6, 6.07) is -0.845. The van der Waals surface area contributed by atoms with Gasteiger partial charge in [0.1, 0.15) is 5.41 Å². The number of rotatable bonds is 8. The van der Waals surface area contributed by atoms with Crippen LogP contribution < -0.4 is 40.0 Å². The minimum absolute atomic E-state index is 0. The summed E-state index contributed by atoms with van der Waals surface area (Å²) < 4.78 is 0. The van der Waals surface area contributed by atoms with Crippen molar-refractivity contribution in [3.8, 4) is 0 Å². The maximum absolute atomic E-state index is 11.9. The van der Waals surface area contributed by atoms with E-state index in [1.807, 2.05) is 13.8 Å². The third kappa shape index (κ3) is 7.84. The van der Waals surface area contributed by atoms with E-state index in [1.54, 1.807) is 6.92 Å². The maximum Gasteiger partial charge on any atom is 1.00 e. The van der Waals surface area contributed by atoms with Crippen molar-refractivity contribution in [3.05, 3.63) is 0 Å². The van der Waals surface area contributed by atoms with Gasteiger partial charge in [-0.2, -0.15) is 0 Å². The number of carboxylic acid groups (broad SMARTS) is 2. The van der Waals surface area contributed by atoms with Crippen molar-refractivity contribution in [1.29, 1.82) is 0 Å². The minimum atomic E-state index is -1.15. The van der Waals surface area contributed by atoms with Crippen molar-refractivity contribution in [1.82, 2.24) is 5.32 Å². The molecule has 0 aliphatic carbocycles. The van der Waals surface area contributed by atoms with Gasteiger partial charge in [-0.15, -0.1) is 0 Å². The number of amidine groups is 1. The number of amides is 2. The van der Waals surface area contributed by atoms with Crippen molar-refractivity contribution in [2.24, 2.45) is 16.3 Å². The molecule has 1 aliphatic rings. The summed E-state index contributed by atoms with van der Waals surface area (Å²) in [6.45, 7) is 5.62. The van der Waals surface area contributed by atoms with Gasteiger partial charge in [0, 0.05) is 12.8 Å². The first kappa shape index (κ1) is 26.8. The predicted octanol–water partition coefficient (Wildman–Crippen LogP) is -2.48. The average Bonchev–Trinajstić information content (AvgIpc) is 2.47. The van der Waals surface area contributed by atoms with Crippen LogP contribution in [0.3, 0.4) is 0 Å². The van der Waals surface area contributed by atoms with Crippen LogP contribution in [0.5, 0.6) is 0 Å². The number of hydrogen-bond donors (Lipinski definition) is 3. The molecule has 1 aliphatic heterocycles. The normalized spacial score (nSPS) is 19.9. The Morgan fingerprint density at radius 1 is 1.19 bits per heavy atom. The van der Waals surface area contributed by atoms with E-state index >= 15 is 0 Å². The number of nitrogens with one attached hydrogen (secondary N) is 1. The Labute approximate surface area is 174 Å². The molecule has 0 bridgehead atoms. The molecule has 1 heterocycles. The third-order valence-corrected chi connectivity index (χ3v) is 4.11. The van der Waals surface area contributed by atoms with Crippen LogP contribution in [0.15, 0.2) is 4.99 Å². The molecule has 142 valence electrons. The first-order chi connectivity index (χ1) is 11.6. The monoisotopic (exact) mass is 380 g/mol. The summed E-state index contributed by atoms with van der Waals surface area (Å²) in [5.74, 6) is -3.09. The molecule has 0 aromatic heterocycles. The number of aliphatic carboxylic acids is 2. The fourth-order valence-corrected chi connectivity index (χ4v) is 2.69. The Balaban J connectivity index is 0. The van der Waals surface area contributed by atoms with E-state index in [2.05, 4.69) is 10.3 Å². The van der Waals surface area contributed by atoms with Crippen LogP contribution in [0.1, 0.15) is 59.3 Å². The van der Waals surface area contributed by atoms with E-state index in [9.17, 15) is 24.3 Å². The van der Waals surface area contributed by atoms with Crippen LogP contribution in [-0.2, 0) is 19.2 Å². The molecular weight excluding hydrogens is 355 g/mol. The van der Waals surface area contributed by atoms with E-state index in [0.717, 1.165) is 12.8 Å². The van der Waals surface area contributed by atoms with E-state index in [0.29, 0.717) is 6.42 Å². The molecule has 0 aromatic carbocycles. The minimum Gasteiger partial charge on any atom is -0.846 e. The number of nitrogens with zero attached hydrogens (tertiary/aromatic N) is 1. The molecule has 2 amide bonds. The van der Waals surface area contributed by atoms with Gasteiger partial charge in [-0.25, -0.2) is 4.99 Å². The zero-order chi connectivity index (χ0) is 19.6. The van der Waals surface area contributed by atoms with Gasteiger partial charge in [-0.3, -0.25) is 19.2 Å². The molecule has 0 aromatic rings. The molecule has 9 nitrogen and oxygen atoms in total. The molecule has 0 spiro atoms. The predicted molar refractivity (Wildman–Crippen MR) is 86.5 cm³/mol. The number of hydrogen-bond acceptors (Lipinski definition) is 5.